The normalized spacial score (nSPS) is 13.2. The van der Waals surface area contributed by atoms with Gasteiger partial charge in [0.2, 0.25) is 17.7 Å². The molecule has 0 aliphatic carbocycles. The Bertz CT molecular complexity index is 1310. The second-order valence-electron chi connectivity index (χ2n) is 10.7. The molecule has 0 bridgehead atoms. The summed E-state index contributed by atoms with van der Waals surface area (Å²) in [4.78, 5) is 43.1. The van der Waals surface area contributed by atoms with Crippen molar-refractivity contribution in [2.45, 2.75) is 50.7 Å². The molecule has 0 aliphatic rings. The third-order valence-corrected chi connectivity index (χ3v) is 6.88. The van der Waals surface area contributed by atoms with Crippen LogP contribution in [0.15, 0.2) is 84.9 Å². The van der Waals surface area contributed by atoms with E-state index in [0.717, 1.165) is 21.9 Å². The van der Waals surface area contributed by atoms with E-state index in [1.54, 1.807) is 27.2 Å². The third kappa shape index (κ3) is 8.26. The highest BCUT2D eigenvalue weighted by atomic mass is 16.2. The molecule has 7 heteroatoms. The van der Waals surface area contributed by atoms with E-state index in [2.05, 4.69) is 5.32 Å². The molecule has 0 spiro atoms. The Hall–Kier alpha value is -3.97. The number of benzene rings is 3. The zero-order valence-corrected chi connectivity index (χ0v) is 23.6. The smallest absolute Gasteiger partial charge is 0.246 e. The molecule has 3 aromatic rings. The number of amides is 3. The van der Waals surface area contributed by atoms with Gasteiger partial charge in [0.05, 0.1) is 0 Å². The molecule has 0 radical (unpaired) electrons. The lowest BCUT2D eigenvalue weighted by atomic mass is 9.98. The van der Waals surface area contributed by atoms with Crippen LogP contribution in [0.5, 0.6) is 0 Å². The van der Waals surface area contributed by atoms with E-state index in [-0.39, 0.29) is 17.7 Å². The molecule has 3 N–H and O–H groups in total. The highest BCUT2D eigenvalue weighted by Gasteiger charge is 2.34. The van der Waals surface area contributed by atoms with Gasteiger partial charge in [-0.2, -0.15) is 0 Å². The minimum absolute atomic E-state index is 0.266. The van der Waals surface area contributed by atoms with Crippen molar-refractivity contribution in [1.82, 2.24) is 15.1 Å². The van der Waals surface area contributed by atoms with Gasteiger partial charge in [-0.1, -0.05) is 78.9 Å². The van der Waals surface area contributed by atoms with Gasteiger partial charge in [-0.3, -0.25) is 14.4 Å². The lowest BCUT2D eigenvalue weighted by molar-refractivity contribution is -0.146. The number of nitrogens with zero attached hydrogens (tertiary/aromatic N) is 2. The van der Waals surface area contributed by atoms with Gasteiger partial charge in [-0.15, -0.1) is 0 Å². The van der Waals surface area contributed by atoms with Gasteiger partial charge in [0, 0.05) is 39.5 Å². The van der Waals surface area contributed by atoms with Crippen molar-refractivity contribution in [1.29, 1.82) is 0 Å². The van der Waals surface area contributed by atoms with E-state index >= 15 is 0 Å². The average Bonchev–Trinajstić information content (AvgIpc) is 2.92. The fraction of sp³-hybridized carbons (Fsp3) is 0.344. The SMILES string of the molecule is CNC(=O)C(Cc1ccccc1)N(C)C(=O)[C@@H](Cc1ccc2ccccc2c1)N(C)C(=O)C=CCC(C)(C)N. The van der Waals surface area contributed by atoms with Crippen molar-refractivity contribution in [2.75, 3.05) is 21.1 Å². The zero-order chi connectivity index (χ0) is 28.6. The minimum atomic E-state index is -0.817. The molecule has 39 heavy (non-hydrogen) atoms. The third-order valence-electron chi connectivity index (χ3n) is 6.88. The maximum Gasteiger partial charge on any atom is 0.246 e. The van der Waals surface area contributed by atoms with Crippen molar-refractivity contribution in [2.24, 2.45) is 5.73 Å². The lowest BCUT2D eigenvalue weighted by Crippen LogP contribution is -2.55. The lowest BCUT2D eigenvalue weighted by Gasteiger charge is -2.34. The topological polar surface area (TPSA) is 95.7 Å². The summed E-state index contributed by atoms with van der Waals surface area (Å²) in [5.74, 6) is -0.874. The number of rotatable bonds is 11. The summed E-state index contributed by atoms with van der Waals surface area (Å²) in [6.07, 6.45) is 4.39. The Balaban J connectivity index is 1.93. The van der Waals surface area contributed by atoms with E-state index in [0.29, 0.717) is 19.3 Å². The van der Waals surface area contributed by atoms with E-state index in [1.807, 2.05) is 86.6 Å². The number of carbonyl (C=O) groups is 3. The quantitative estimate of drug-likeness (QED) is 0.371. The summed E-state index contributed by atoms with van der Waals surface area (Å²) in [6.45, 7) is 3.77. The summed E-state index contributed by atoms with van der Waals surface area (Å²) in [7, 11) is 4.82. The predicted octanol–water partition coefficient (Wildman–Crippen LogP) is 3.71. The fourth-order valence-electron chi connectivity index (χ4n) is 4.51. The number of nitrogens with one attached hydrogen (secondary N) is 1. The minimum Gasteiger partial charge on any atom is -0.357 e. The number of likely N-dealkylation sites (N-methyl/N-ethyl adjacent to an activating group) is 3. The Labute approximate surface area is 231 Å². The van der Waals surface area contributed by atoms with Crippen LogP contribution in [-0.2, 0) is 27.2 Å². The van der Waals surface area contributed by atoms with Gasteiger partial charge in [0.25, 0.3) is 0 Å². The maximum absolute atomic E-state index is 14.1. The van der Waals surface area contributed by atoms with Crippen LogP contribution in [0.3, 0.4) is 0 Å². The second kappa shape index (κ2) is 13.2. The van der Waals surface area contributed by atoms with Crippen LogP contribution in [-0.4, -0.2) is 66.3 Å². The first-order valence-corrected chi connectivity index (χ1v) is 13.2. The molecule has 3 amide bonds. The van der Waals surface area contributed by atoms with Crippen LogP contribution in [0.2, 0.25) is 0 Å². The van der Waals surface area contributed by atoms with Gasteiger partial charge >= 0.3 is 0 Å². The van der Waals surface area contributed by atoms with Crippen LogP contribution < -0.4 is 11.1 Å². The first-order chi connectivity index (χ1) is 18.5. The Morgan fingerprint density at radius 3 is 2.10 bits per heavy atom. The molecule has 7 nitrogen and oxygen atoms in total. The second-order valence-corrected chi connectivity index (χ2v) is 10.7. The molecule has 1 unspecified atom stereocenters. The summed E-state index contributed by atoms with van der Waals surface area (Å²) < 4.78 is 0. The molecular formula is C32H40N4O3. The van der Waals surface area contributed by atoms with Crippen LogP contribution in [0.1, 0.15) is 31.4 Å². The number of nitrogens with two attached hydrogens (primary N) is 1. The number of hydrogen-bond donors (Lipinski definition) is 2. The largest absolute Gasteiger partial charge is 0.357 e. The number of hydrogen-bond acceptors (Lipinski definition) is 4. The van der Waals surface area contributed by atoms with Crippen LogP contribution in [0.4, 0.5) is 0 Å². The fourth-order valence-corrected chi connectivity index (χ4v) is 4.51. The Morgan fingerprint density at radius 2 is 1.46 bits per heavy atom. The van der Waals surface area contributed by atoms with E-state index < -0.39 is 17.6 Å². The van der Waals surface area contributed by atoms with Crippen LogP contribution in [0, 0.1) is 0 Å². The molecule has 3 aromatic carbocycles. The van der Waals surface area contributed by atoms with Crippen LogP contribution in [0.25, 0.3) is 10.8 Å². The highest BCUT2D eigenvalue weighted by Crippen LogP contribution is 2.20. The highest BCUT2D eigenvalue weighted by molar-refractivity contribution is 5.95. The van der Waals surface area contributed by atoms with Gasteiger partial charge in [-0.25, -0.2) is 0 Å². The Kier molecular flexibility index (Phi) is 10.0. The summed E-state index contributed by atoms with van der Waals surface area (Å²) in [5, 5.41) is 4.84. The van der Waals surface area contributed by atoms with Gasteiger partial charge in [0.1, 0.15) is 12.1 Å². The molecule has 2 atom stereocenters. The van der Waals surface area contributed by atoms with Crippen molar-refractivity contribution in [3.8, 4) is 0 Å². The average molecular weight is 529 g/mol. The van der Waals surface area contributed by atoms with Crippen molar-refractivity contribution >= 4 is 28.5 Å². The number of carbonyl (C=O) groups excluding carboxylic acids is 3. The molecule has 0 fully saturated rings. The molecule has 0 saturated carbocycles. The molecular weight excluding hydrogens is 488 g/mol. The predicted molar refractivity (Wildman–Crippen MR) is 157 cm³/mol. The molecule has 0 saturated heterocycles. The van der Waals surface area contributed by atoms with Crippen molar-refractivity contribution in [3.05, 3.63) is 96.1 Å². The Morgan fingerprint density at radius 1 is 0.846 bits per heavy atom. The first-order valence-electron chi connectivity index (χ1n) is 13.2. The van der Waals surface area contributed by atoms with Crippen LogP contribution >= 0.6 is 0 Å². The van der Waals surface area contributed by atoms with Crippen molar-refractivity contribution < 1.29 is 14.4 Å². The molecule has 206 valence electrons. The zero-order valence-electron chi connectivity index (χ0n) is 23.6. The van der Waals surface area contributed by atoms with Gasteiger partial charge in [0.15, 0.2) is 0 Å². The van der Waals surface area contributed by atoms with E-state index in [1.165, 1.54) is 15.9 Å². The van der Waals surface area contributed by atoms with E-state index in [4.69, 9.17) is 5.73 Å². The number of fused-ring (bicyclic) bond motifs is 1. The molecule has 0 aromatic heterocycles. The van der Waals surface area contributed by atoms with Crippen molar-refractivity contribution in [3.63, 3.8) is 0 Å². The molecule has 3 rings (SSSR count). The summed E-state index contributed by atoms with van der Waals surface area (Å²) in [5.41, 5.74) is 7.47. The summed E-state index contributed by atoms with van der Waals surface area (Å²) >= 11 is 0. The van der Waals surface area contributed by atoms with Gasteiger partial charge < -0.3 is 20.9 Å². The summed E-state index contributed by atoms with van der Waals surface area (Å²) in [6, 6.07) is 22.1. The van der Waals surface area contributed by atoms with E-state index in [9.17, 15) is 14.4 Å². The first kappa shape index (κ1) is 29.6. The van der Waals surface area contributed by atoms with Gasteiger partial charge in [-0.05, 0) is 48.2 Å². The maximum atomic E-state index is 14.1. The monoisotopic (exact) mass is 528 g/mol. The molecule has 0 heterocycles. The molecule has 0 aliphatic heterocycles. The standard InChI is InChI=1S/C32H40N4O3/c1-32(2,33)19-11-16-29(37)35(4)28(22-24-17-18-25-14-9-10-15-26(25)20-24)31(39)36(5)27(30(38)34-3)21-23-12-7-6-8-13-23/h6-18,20,27-28H,19,21-22,33H2,1-5H3,(H,34,38)/t27?,28-/m1/s1.